The number of hydrogen-bond acceptors (Lipinski definition) is 6. The van der Waals surface area contributed by atoms with Gasteiger partial charge in [-0.15, -0.1) is 10.2 Å². The lowest BCUT2D eigenvalue weighted by Gasteiger charge is -2.22. The first kappa shape index (κ1) is 13.1. The van der Waals surface area contributed by atoms with E-state index in [1.165, 1.54) is 22.8 Å². The first-order valence-corrected chi connectivity index (χ1v) is 7.00. The maximum absolute atomic E-state index is 10.9. The highest BCUT2D eigenvalue weighted by atomic mass is 35.5. The van der Waals surface area contributed by atoms with Crippen molar-refractivity contribution < 1.29 is 9.90 Å². The lowest BCUT2D eigenvalue weighted by molar-refractivity contribution is -0.305. The second kappa shape index (κ2) is 5.26. The fraction of sp³-hybridized carbons (Fsp3) is 0.167. The monoisotopic (exact) mass is 307 g/mol. The van der Waals surface area contributed by atoms with Crippen LogP contribution in [0.15, 0.2) is 40.9 Å². The quantitative estimate of drug-likeness (QED) is 0.837. The summed E-state index contributed by atoms with van der Waals surface area (Å²) in [6.07, 6.45) is 1.34. The molecule has 1 atom stereocenters. The summed E-state index contributed by atoms with van der Waals surface area (Å²) in [4.78, 5) is 10.9. The Hall–Kier alpha value is -1.86. The summed E-state index contributed by atoms with van der Waals surface area (Å²) in [6.45, 7) is 0. The zero-order valence-corrected chi connectivity index (χ0v) is 11.6. The summed E-state index contributed by atoms with van der Waals surface area (Å²) >= 11 is 7.16. The van der Waals surface area contributed by atoms with E-state index in [0.717, 1.165) is 5.56 Å². The molecule has 1 aliphatic rings. The molecule has 6 nitrogen and oxygen atoms in total. The van der Waals surface area contributed by atoms with Gasteiger partial charge in [0.1, 0.15) is 6.33 Å². The van der Waals surface area contributed by atoms with Crippen LogP contribution in [-0.2, 0) is 4.79 Å². The Morgan fingerprint density at radius 1 is 1.40 bits per heavy atom. The van der Waals surface area contributed by atoms with Gasteiger partial charge in [0, 0.05) is 17.4 Å². The van der Waals surface area contributed by atoms with Gasteiger partial charge in [-0.05, 0) is 17.7 Å². The summed E-state index contributed by atoms with van der Waals surface area (Å²) in [6, 6.07) is 7.09. The molecule has 102 valence electrons. The molecule has 8 heteroatoms. The SMILES string of the molecule is O=C([O-])C[C@H]1Sc2nncn2N=C1c1ccc(Cl)cc1. The predicted molar refractivity (Wildman–Crippen MR) is 72.7 cm³/mol. The number of rotatable bonds is 3. The van der Waals surface area contributed by atoms with Crippen LogP contribution in [0.3, 0.4) is 0 Å². The molecule has 3 rings (SSSR count). The number of carboxylic acids is 1. The average Bonchev–Trinajstić information content (AvgIpc) is 2.85. The van der Waals surface area contributed by atoms with Crippen molar-refractivity contribution in [2.45, 2.75) is 16.8 Å². The van der Waals surface area contributed by atoms with Gasteiger partial charge >= 0.3 is 0 Å². The van der Waals surface area contributed by atoms with Gasteiger partial charge in [0.05, 0.1) is 11.0 Å². The average molecular weight is 308 g/mol. The third kappa shape index (κ3) is 2.54. The topological polar surface area (TPSA) is 83.2 Å². The zero-order chi connectivity index (χ0) is 14.1. The van der Waals surface area contributed by atoms with E-state index in [-0.39, 0.29) is 11.7 Å². The molecule has 20 heavy (non-hydrogen) atoms. The molecule has 2 aromatic rings. The summed E-state index contributed by atoms with van der Waals surface area (Å²) in [5.74, 6) is -1.13. The van der Waals surface area contributed by atoms with Crippen LogP contribution in [0.1, 0.15) is 12.0 Å². The number of halogens is 1. The Morgan fingerprint density at radius 2 is 2.15 bits per heavy atom. The van der Waals surface area contributed by atoms with E-state index in [1.54, 1.807) is 24.3 Å². The molecule has 0 fully saturated rings. The van der Waals surface area contributed by atoms with Gasteiger partial charge < -0.3 is 9.90 Å². The number of carbonyl (C=O) groups is 1. The largest absolute Gasteiger partial charge is 0.550 e. The third-order valence-electron chi connectivity index (χ3n) is 2.76. The first-order chi connectivity index (χ1) is 9.63. The Kier molecular flexibility index (Phi) is 3.45. The van der Waals surface area contributed by atoms with Crippen LogP contribution < -0.4 is 5.11 Å². The maximum Gasteiger partial charge on any atom is 0.212 e. The van der Waals surface area contributed by atoms with Crippen molar-refractivity contribution in [3.8, 4) is 0 Å². The minimum absolute atomic E-state index is 0.140. The highest BCUT2D eigenvalue weighted by Crippen LogP contribution is 2.31. The Balaban J connectivity index is 2.03. The normalized spacial score (nSPS) is 17.4. The standard InChI is InChI=1S/C12H9ClN4O2S/c13-8-3-1-7(2-4-8)11-9(5-10(18)19)20-12-15-14-6-17(12)16-11/h1-4,6,9H,5H2,(H,18,19)/p-1/t9-/m1/s1. The molecule has 0 radical (unpaired) electrons. The highest BCUT2D eigenvalue weighted by Gasteiger charge is 2.26. The summed E-state index contributed by atoms with van der Waals surface area (Å²) < 4.78 is 1.53. The molecule has 1 aromatic heterocycles. The molecule has 0 amide bonds. The number of carboxylic acid groups (broad SMARTS) is 1. The van der Waals surface area contributed by atoms with Crippen molar-refractivity contribution in [1.82, 2.24) is 14.9 Å². The van der Waals surface area contributed by atoms with Gasteiger partial charge in [-0.3, -0.25) is 0 Å². The van der Waals surface area contributed by atoms with E-state index in [9.17, 15) is 9.90 Å². The van der Waals surface area contributed by atoms with E-state index in [1.807, 2.05) is 0 Å². The number of aliphatic carboxylic acids is 1. The van der Waals surface area contributed by atoms with Crippen molar-refractivity contribution in [3.63, 3.8) is 0 Å². The predicted octanol–water partition coefficient (Wildman–Crippen LogP) is 0.798. The number of nitrogens with zero attached hydrogens (tertiary/aromatic N) is 4. The molecular formula is C12H8ClN4O2S-. The van der Waals surface area contributed by atoms with Crippen molar-refractivity contribution in [2.75, 3.05) is 0 Å². The van der Waals surface area contributed by atoms with E-state index >= 15 is 0 Å². The number of thioether (sulfide) groups is 1. The van der Waals surface area contributed by atoms with Crippen LogP contribution in [0, 0.1) is 0 Å². The molecular weight excluding hydrogens is 300 g/mol. The Labute approximate surface area is 123 Å². The zero-order valence-electron chi connectivity index (χ0n) is 10.1. The lowest BCUT2D eigenvalue weighted by atomic mass is 10.1. The maximum atomic E-state index is 10.9. The summed E-state index contributed by atoms with van der Waals surface area (Å²) in [5, 5.41) is 23.8. The van der Waals surface area contributed by atoms with Crippen molar-refractivity contribution >= 4 is 35.0 Å². The van der Waals surface area contributed by atoms with Crippen LogP contribution in [0.4, 0.5) is 0 Å². The second-order valence-electron chi connectivity index (χ2n) is 4.13. The molecule has 1 aliphatic heterocycles. The lowest BCUT2D eigenvalue weighted by Crippen LogP contribution is -2.32. The molecule has 0 unspecified atom stereocenters. The molecule has 0 saturated carbocycles. The molecule has 2 heterocycles. The number of carbonyl (C=O) groups excluding carboxylic acids is 1. The number of aromatic nitrogens is 3. The second-order valence-corrected chi connectivity index (χ2v) is 5.74. The van der Waals surface area contributed by atoms with Crippen LogP contribution in [-0.4, -0.2) is 31.8 Å². The van der Waals surface area contributed by atoms with E-state index in [4.69, 9.17) is 11.6 Å². The van der Waals surface area contributed by atoms with Crippen LogP contribution in [0.5, 0.6) is 0 Å². The highest BCUT2D eigenvalue weighted by molar-refractivity contribution is 8.00. The van der Waals surface area contributed by atoms with Crippen molar-refractivity contribution in [3.05, 3.63) is 41.2 Å². The Bertz CT molecular complexity index is 683. The van der Waals surface area contributed by atoms with Gasteiger partial charge in [0.2, 0.25) is 5.16 Å². The molecule has 0 bridgehead atoms. The number of hydrogen-bond donors (Lipinski definition) is 0. The summed E-state index contributed by atoms with van der Waals surface area (Å²) in [7, 11) is 0. The van der Waals surface area contributed by atoms with Gasteiger partial charge in [-0.1, -0.05) is 35.5 Å². The smallest absolute Gasteiger partial charge is 0.212 e. The summed E-state index contributed by atoms with van der Waals surface area (Å²) in [5.41, 5.74) is 1.45. The van der Waals surface area contributed by atoms with Crippen LogP contribution in [0.25, 0.3) is 0 Å². The van der Waals surface area contributed by atoms with Crippen molar-refractivity contribution in [2.24, 2.45) is 5.10 Å². The van der Waals surface area contributed by atoms with Gasteiger partial charge in [0.25, 0.3) is 0 Å². The first-order valence-electron chi connectivity index (χ1n) is 5.75. The minimum atomic E-state index is -1.13. The number of benzene rings is 1. The molecule has 0 N–H and O–H groups in total. The molecule has 0 spiro atoms. The fourth-order valence-corrected chi connectivity index (χ4v) is 3.07. The number of fused-ring (bicyclic) bond motifs is 1. The van der Waals surface area contributed by atoms with Gasteiger partial charge in [-0.25, -0.2) is 0 Å². The van der Waals surface area contributed by atoms with Crippen LogP contribution >= 0.6 is 23.4 Å². The molecule has 1 aromatic carbocycles. The Morgan fingerprint density at radius 3 is 2.85 bits per heavy atom. The van der Waals surface area contributed by atoms with E-state index < -0.39 is 5.97 Å². The molecule has 0 saturated heterocycles. The fourth-order valence-electron chi connectivity index (χ4n) is 1.88. The third-order valence-corrected chi connectivity index (χ3v) is 4.17. The molecule has 0 aliphatic carbocycles. The van der Waals surface area contributed by atoms with E-state index in [2.05, 4.69) is 15.3 Å². The van der Waals surface area contributed by atoms with Crippen molar-refractivity contribution in [1.29, 1.82) is 0 Å². The van der Waals surface area contributed by atoms with Crippen LogP contribution in [0.2, 0.25) is 5.02 Å². The minimum Gasteiger partial charge on any atom is -0.550 e. The van der Waals surface area contributed by atoms with E-state index in [0.29, 0.717) is 15.9 Å². The van der Waals surface area contributed by atoms with Gasteiger partial charge in [-0.2, -0.15) is 9.78 Å². The van der Waals surface area contributed by atoms with Gasteiger partial charge in [0.15, 0.2) is 0 Å².